The van der Waals surface area contributed by atoms with E-state index in [0.717, 1.165) is 22.7 Å². The average molecular weight is 223 g/mol. The second kappa shape index (κ2) is 3.91. The van der Waals surface area contributed by atoms with Crippen LogP contribution in [-0.2, 0) is 12.8 Å². The number of hydrogen-bond donors (Lipinski definition) is 1. The van der Waals surface area contributed by atoms with E-state index < -0.39 is 0 Å². The Hall–Kier alpha value is -0.540. The molecule has 0 saturated carbocycles. The first kappa shape index (κ1) is 9.99. The highest BCUT2D eigenvalue weighted by atomic mass is 32.2. The highest BCUT2D eigenvalue weighted by molar-refractivity contribution is 7.82. The van der Waals surface area contributed by atoms with Crippen LogP contribution in [0.25, 0.3) is 10.2 Å². The molecule has 0 bridgehead atoms. The second-order valence-corrected chi connectivity index (χ2v) is 5.01. The summed E-state index contributed by atoms with van der Waals surface area (Å²) < 4.78 is 2.12. The van der Waals surface area contributed by atoms with Crippen molar-refractivity contribution in [1.82, 2.24) is 4.98 Å². The number of aromatic nitrogens is 1. The van der Waals surface area contributed by atoms with Crippen molar-refractivity contribution >= 4 is 34.2 Å². The van der Waals surface area contributed by atoms with Gasteiger partial charge in [0.1, 0.15) is 4.34 Å². The summed E-state index contributed by atoms with van der Waals surface area (Å²) >= 11 is 5.95. The molecule has 3 heteroatoms. The van der Waals surface area contributed by atoms with Crippen molar-refractivity contribution in [2.45, 2.75) is 31.0 Å². The molecule has 2 aromatic rings. The third-order valence-corrected chi connectivity index (χ3v) is 3.68. The van der Waals surface area contributed by atoms with E-state index in [4.69, 9.17) is 0 Å². The molecule has 0 aliphatic carbocycles. The SMILES string of the molecule is CCc1ccc2sc(S)nc2c1CC. The third kappa shape index (κ3) is 1.55. The van der Waals surface area contributed by atoms with Crippen LogP contribution in [0.1, 0.15) is 25.0 Å². The lowest BCUT2D eigenvalue weighted by molar-refractivity contribution is 1.04. The Labute approximate surface area is 93.6 Å². The molecule has 1 aromatic heterocycles. The van der Waals surface area contributed by atoms with Gasteiger partial charge in [0, 0.05) is 0 Å². The van der Waals surface area contributed by atoms with Gasteiger partial charge in [0.15, 0.2) is 0 Å². The summed E-state index contributed by atoms with van der Waals surface area (Å²) in [6.07, 6.45) is 2.13. The molecule has 2 rings (SSSR count). The number of hydrogen-bond acceptors (Lipinski definition) is 3. The lowest BCUT2D eigenvalue weighted by Crippen LogP contribution is -1.91. The highest BCUT2D eigenvalue weighted by Gasteiger charge is 2.08. The van der Waals surface area contributed by atoms with Crippen LogP contribution in [0.3, 0.4) is 0 Å². The summed E-state index contributed by atoms with van der Waals surface area (Å²) in [6.45, 7) is 4.37. The summed E-state index contributed by atoms with van der Waals surface area (Å²) in [6, 6.07) is 4.37. The van der Waals surface area contributed by atoms with Crippen LogP contribution in [0.2, 0.25) is 0 Å². The predicted octanol–water partition coefficient (Wildman–Crippen LogP) is 3.71. The number of benzene rings is 1. The van der Waals surface area contributed by atoms with Crippen molar-refractivity contribution < 1.29 is 0 Å². The standard InChI is InChI=1S/C11H13NS2/c1-3-7-5-6-9-10(8(7)4-2)12-11(13)14-9/h5-6H,3-4H2,1-2H3,(H,12,13). The van der Waals surface area contributed by atoms with Crippen LogP contribution < -0.4 is 0 Å². The number of thiazole rings is 1. The first-order valence-electron chi connectivity index (χ1n) is 4.86. The van der Waals surface area contributed by atoms with Crippen LogP contribution in [-0.4, -0.2) is 4.98 Å². The molecular weight excluding hydrogens is 210 g/mol. The largest absolute Gasteiger partial charge is 0.230 e. The van der Waals surface area contributed by atoms with E-state index in [1.807, 2.05) is 0 Å². The summed E-state index contributed by atoms with van der Waals surface area (Å²) in [5.41, 5.74) is 3.96. The Bertz CT molecular complexity index is 460. The van der Waals surface area contributed by atoms with Gasteiger partial charge in [0.2, 0.25) is 0 Å². The molecular formula is C11H13NS2. The molecule has 0 spiro atoms. The van der Waals surface area contributed by atoms with Gasteiger partial charge >= 0.3 is 0 Å². The Balaban J connectivity index is 2.75. The quantitative estimate of drug-likeness (QED) is 0.766. The molecule has 0 atom stereocenters. The molecule has 1 aromatic carbocycles. The molecule has 0 radical (unpaired) electrons. The number of nitrogens with zero attached hydrogens (tertiary/aromatic N) is 1. The van der Waals surface area contributed by atoms with Gasteiger partial charge in [-0.3, -0.25) is 0 Å². The van der Waals surface area contributed by atoms with E-state index in [9.17, 15) is 0 Å². The summed E-state index contributed by atoms with van der Waals surface area (Å²) in [5.74, 6) is 0. The lowest BCUT2D eigenvalue weighted by Gasteiger charge is -2.05. The Morgan fingerprint density at radius 2 is 2.07 bits per heavy atom. The molecule has 0 saturated heterocycles. The number of fused-ring (bicyclic) bond motifs is 1. The van der Waals surface area contributed by atoms with Gasteiger partial charge in [0.25, 0.3) is 0 Å². The minimum absolute atomic E-state index is 0.864. The van der Waals surface area contributed by atoms with Crippen LogP contribution >= 0.6 is 24.0 Å². The average Bonchev–Trinajstić information content (AvgIpc) is 2.56. The molecule has 0 N–H and O–H groups in total. The van der Waals surface area contributed by atoms with Gasteiger partial charge in [-0.25, -0.2) is 4.98 Å². The van der Waals surface area contributed by atoms with E-state index in [1.165, 1.54) is 15.8 Å². The summed E-state index contributed by atoms with van der Waals surface area (Å²) in [7, 11) is 0. The van der Waals surface area contributed by atoms with E-state index in [2.05, 4.69) is 43.6 Å². The molecule has 0 unspecified atom stereocenters. The van der Waals surface area contributed by atoms with Gasteiger partial charge in [-0.15, -0.1) is 24.0 Å². The summed E-state index contributed by atoms with van der Waals surface area (Å²) in [5, 5.41) is 0. The van der Waals surface area contributed by atoms with Crippen molar-refractivity contribution in [3.8, 4) is 0 Å². The van der Waals surface area contributed by atoms with Crippen molar-refractivity contribution in [3.05, 3.63) is 23.3 Å². The monoisotopic (exact) mass is 223 g/mol. The third-order valence-electron chi connectivity index (χ3n) is 2.49. The maximum absolute atomic E-state index is 4.48. The zero-order chi connectivity index (χ0) is 10.1. The molecule has 0 amide bonds. The molecule has 1 nitrogen and oxygen atoms in total. The van der Waals surface area contributed by atoms with Gasteiger partial charge in [-0.1, -0.05) is 19.9 Å². The van der Waals surface area contributed by atoms with Crippen molar-refractivity contribution in [1.29, 1.82) is 0 Å². The van der Waals surface area contributed by atoms with Crippen molar-refractivity contribution in [3.63, 3.8) is 0 Å². The van der Waals surface area contributed by atoms with Crippen LogP contribution in [0.15, 0.2) is 16.5 Å². The maximum Gasteiger partial charge on any atom is 0.148 e. The minimum atomic E-state index is 0.864. The van der Waals surface area contributed by atoms with Crippen molar-refractivity contribution in [2.75, 3.05) is 0 Å². The van der Waals surface area contributed by atoms with E-state index in [-0.39, 0.29) is 0 Å². The maximum atomic E-state index is 4.48. The van der Waals surface area contributed by atoms with Gasteiger partial charge < -0.3 is 0 Å². The van der Waals surface area contributed by atoms with E-state index in [0.29, 0.717) is 0 Å². The molecule has 0 aliphatic heterocycles. The molecule has 14 heavy (non-hydrogen) atoms. The summed E-state index contributed by atoms with van der Waals surface area (Å²) in [4.78, 5) is 4.48. The zero-order valence-electron chi connectivity index (χ0n) is 8.37. The lowest BCUT2D eigenvalue weighted by atomic mass is 10.0. The predicted molar refractivity (Wildman–Crippen MR) is 65.6 cm³/mol. The topological polar surface area (TPSA) is 12.9 Å². The van der Waals surface area contributed by atoms with Crippen molar-refractivity contribution in [2.24, 2.45) is 0 Å². The van der Waals surface area contributed by atoms with Crippen LogP contribution in [0, 0.1) is 0 Å². The highest BCUT2D eigenvalue weighted by Crippen LogP contribution is 2.29. The normalized spacial score (nSPS) is 11.1. The van der Waals surface area contributed by atoms with Gasteiger partial charge in [-0.2, -0.15) is 0 Å². The number of rotatable bonds is 2. The number of aryl methyl sites for hydroxylation is 2. The zero-order valence-corrected chi connectivity index (χ0v) is 10.1. The van der Waals surface area contributed by atoms with Gasteiger partial charge in [0.05, 0.1) is 10.2 Å². The fraction of sp³-hybridized carbons (Fsp3) is 0.364. The molecule has 0 aliphatic rings. The smallest absolute Gasteiger partial charge is 0.148 e. The second-order valence-electron chi connectivity index (χ2n) is 3.25. The molecule has 74 valence electrons. The Kier molecular flexibility index (Phi) is 2.79. The van der Waals surface area contributed by atoms with E-state index >= 15 is 0 Å². The number of thiol groups is 1. The molecule has 1 heterocycles. The Morgan fingerprint density at radius 1 is 1.29 bits per heavy atom. The van der Waals surface area contributed by atoms with E-state index in [1.54, 1.807) is 11.3 Å². The first-order chi connectivity index (χ1) is 6.76. The Morgan fingerprint density at radius 3 is 2.71 bits per heavy atom. The minimum Gasteiger partial charge on any atom is -0.230 e. The fourth-order valence-electron chi connectivity index (χ4n) is 1.80. The van der Waals surface area contributed by atoms with Gasteiger partial charge in [-0.05, 0) is 30.0 Å². The van der Waals surface area contributed by atoms with Crippen LogP contribution in [0.4, 0.5) is 0 Å². The fourth-order valence-corrected chi connectivity index (χ4v) is 2.93. The molecule has 0 fully saturated rings. The van der Waals surface area contributed by atoms with Crippen LogP contribution in [0.5, 0.6) is 0 Å². The first-order valence-corrected chi connectivity index (χ1v) is 6.12.